The van der Waals surface area contributed by atoms with Gasteiger partial charge in [-0.3, -0.25) is 4.79 Å². The van der Waals surface area contributed by atoms with Gasteiger partial charge in [0.05, 0.1) is 12.8 Å². The van der Waals surface area contributed by atoms with E-state index in [2.05, 4.69) is 48.4 Å². The molecule has 0 saturated carbocycles. The molecule has 1 aliphatic rings. The minimum atomic E-state index is -0.619. The summed E-state index contributed by atoms with van der Waals surface area (Å²) in [6, 6.07) is 14.0. The molecule has 4 rings (SSSR count). The van der Waals surface area contributed by atoms with Gasteiger partial charge in [0, 0.05) is 13.0 Å². The first-order valence-electron chi connectivity index (χ1n) is 10.7. The quantitative estimate of drug-likeness (QED) is 0.622. The number of aryl methyl sites for hydroxylation is 2. The number of tetrazole rings is 1. The summed E-state index contributed by atoms with van der Waals surface area (Å²) in [6.45, 7) is 6.71. The molecule has 3 aromatic rings. The lowest BCUT2D eigenvalue weighted by Crippen LogP contribution is -2.47. The number of likely N-dealkylation sites (tertiary alicyclic amines) is 1. The van der Waals surface area contributed by atoms with Gasteiger partial charge in [-0.15, -0.1) is 5.10 Å². The van der Waals surface area contributed by atoms with Gasteiger partial charge in [0.1, 0.15) is 11.3 Å². The van der Waals surface area contributed by atoms with Gasteiger partial charge in [-0.25, -0.2) is 0 Å². The molecule has 2 aromatic carbocycles. The second kappa shape index (κ2) is 8.49. The predicted molar refractivity (Wildman–Crippen MR) is 118 cm³/mol. The molecule has 1 saturated heterocycles. The topological polar surface area (TPSA) is 73.1 Å². The first kappa shape index (κ1) is 21.0. The summed E-state index contributed by atoms with van der Waals surface area (Å²) in [5.41, 5.74) is 3.60. The highest BCUT2D eigenvalue weighted by atomic mass is 16.5. The van der Waals surface area contributed by atoms with E-state index in [0.29, 0.717) is 18.8 Å². The number of amides is 1. The van der Waals surface area contributed by atoms with Crippen molar-refractivity contribution in [2.75, 3.05) is 7.11 Å². The Morgan fingerprint density at radius 2 is 1.77 bits per heavy atom. The summed E-state index contributed by atoms with van der Waals surface area (Å²) < 4.78 is 7.10. The summed E-state index contributed by atoms with van der Waals surface area (Å²) in [5, 5.41) is 12.8. The molecule has 0 aliphatic carbocycles. The monoisotopic (exact) mass is 419 g/mol. The van der Waals surface area contributed by atoms with Gasteiger partial charge in [0.15, 0.2) is 5.82 Å². The highest BCUT2D eigenvalue weighted by molar-refractivity contribution is 5.77. The smallest absolute Gasteiger partial charge is 0.223 e. The van der Waals surface area contributed by atoms with E-state index < -0.39 is 5.54 Å². The number of para-hydroxylation sites is 1. The second-order valence-electron chi connectivity index (χ2n) is 8.46. The number of benzene rings is 2. The normalized spacial score (nSPS) is 19.4. The maximum Gasteiger partial charge on any atom is 0.223 e. The van der Waals surface area contributed by atoms with Gasteiger partial charge in [-0.1, -0.05) is 36.8 Å². The third-order valence-corrected chi connectivity index (χ3v) is 6.30. The van der Waals surface area contributed by atoms with E-state index in [4.69, 9.17) is 4.74 Å². The van der Waals surface area contributed by atoms with Crippen LogP contribution < -0.4 is 4.74 Å². The van der Waals surface area contributed by atoms with Crippen LogP contribution in [0.2, 0.25) is 0 Å². The Morgan fingerprint density at radius 1 is 1.06 bits per heavy atom. The van der Waals surface area contributed by atoms with Crippen molar-refractivity contribution in [3.8, 4) is 11.4 Å². The Bertz CT molecular complexity index is 1060. The number of hydrogen-bond acceptors (Lipinski definition) is 5. The third kappa shape index (κ3) is 3.92. The van der Waals surface area contributed by atoms with E-state index >= 15 is 0 Å². The number of rotatable bonds is 5. The molecule has 0 bridgehead atoms. The largest absolute Gasteiger partial charge is 0.497 e. The molecule has 7 nitrogen and oxygen atoms in total. The fraction of sp³-hybridized carbons (Fsp3) is 0.417. The van der Waals surface area contributed by atoms with Crippen molar-refractivity contribution in [3.05, 3.63) is 65.0 Å². The number of ether oxygens (including phenoxy) is 1. The first-order valence-corrected chi connectivity index (χ1v) is 10.7. The van der Waals surface area contributed by atoms with Gasteiger partial charge in [0.25, 0.3) is 0 Å². The van der Waals surface area contributed by atoms with E-state index in [9.17, 15) is 4.79 Å². The SMILES string of the molecule is COc1ccc(CN2C(=O)CCCCC2(C)c2nnnn2-c2c(C)cccc2C)cc1. The molecule has 0 spiro atoms. The van der Waals surface area contributed by atoms with Crippen LogP contribution in [0.1, 0.15) is 55.1 Å². The zero-order valence-corrected chi connectivity index (χ0v) is 18.6. The molecule has 0 N–H and O–H groups in total. The molecular formula is C24H29N5O2. The third-order valence-electron chi connectivity index (χ3n) is 6.30. The van der Waals surface area contributed by atoms with E-state index in [1.807, 2.05) is 39.9 Å². The Kier molecular flexibility index (Phi) is 5.76. The fourth-order valence-corrected chi connectivity index (χ4v) is 4.51. The maximum atomic E-state index is 13.3. The minimum absolute atomic E-state index is 0.131. The van der Waals surface area contributed by atoms with Crippen LogP contribution in [0.4, 0.5) is 0 Å². The summed E-state index contributed by atoms with van der Waals surface area (Å²) in [7, 11) is 1.65. The average Bonchev–Trinajstić information content (AvgIpc) is 3.20. The maximum absolute atomic E-state index is 13.3. The fourth-order valence-electron chi connectivity index (χ4n) is 4.51. The average molecular weight is 420 g/mol. The van der Waals surface area contributed by atoms with Crippen molar-refractivity contribution in [3.63, 3.8) is 0 Å². The summed E-state index contributed by atoms with van der Waals surface area (Å²) in [6.07, 6.45) is 3.16. The molecule has 31 heavy (non-hydrogen) atoms. The number of carbonyl (C=O) groups is 1. The van der Waals surface area contributed by atoms with Crippen LogP contribution in [0, 0.1) is 13.8 Å². The molecule has 1 amide bonds. The van der Waals surface area contributed by atoms with E-state index in [1.165, 1.54) is 0 Å². The zero-order valence-electron chi connectivity index (χ0n) is 18.6. The van der Waals surface area contributed by atoms with Crippen LogP contribution in [0.25, 0.3) is 5.69 Å². The molecule has 162 valence electrons. The van der Waals surface area contributed by atoms with E-state index in [0.717, 1.165) is 47.4 Å². The lowest BCUT2D eigenvalue weighted by molar-refractivity contribution is -0.138. The molecule has 1 fully saturated rings. The van der Waals surface area contributed by atoms with Gasteiger partial charge < -0.3 is 9.64 Å². The molecule has 0 radical (unpaired) electrons. The van der Waals surface area contributed by atoms with E-state index in [1.54, 1.807) is 7.11 Å². The Hall–Kier alpha value is -3.22. The number of carbonyl (C=O) groups excluding carboxylic acids is 1. The van der Waals surface area contributed by atoms with Crippen LogP contribution in [0.15, 0.2) is 42.5 Å². The van der Waals surface area contributed by atoms with Crippen molar-refractivity contribution < 1.29 is 9.53 Å². The zero-order chi connectivity index (χ0) is 22.0. The summed E-state index contributed by atoms with van der Waals surface area (Å²) in [5.74, 6) is 1.63. The molecule has 1 unspecified atom stereocenters. The van der Waals surface area contributed by atoms with Crippen LogP contribution >= 0.6 is 0 Å². The molecule has 1 atom stereocenters. The molecular weight excluding hydrogens is 390 g/mol. The van der Waals surface area contributed by atoms with Crippen LogP contribution in [0.5, 0.6) is 5.75 Å². The van der Waals surface area contributed by atoms with Crippen LogP contribution in [-0.2, 0) is 16.9 Å². The molecule has 1 aromatic heterocycles. The van der Waals surface area contributed by atoms with Gasteiger partial charge in [-0.05, 0) is 72.9 Å². The number of nitrogens with zero attached hydrogens (tertiary/aromatic N) is 5. The van der Waals surface area contributed by atoms with Gasteiger partial charge in [-0.2, -0.15) is 4.68 Å². The molecule has 1 aliphatic heterocycles. The lowest BCUT2D eigenvalue weighted by atomic mass is 9.92. The lowest BCUT2D eigenvalue weighted by Gasteiger charge is -2.39. The second-order valence-corrected chi connectivity index (χ2v) is 8.46. The predicted octanol–water partition coefficient (Wildman–Crippen LogP) is 4.11. The van der Waals surface area contributed by atoms with Crippen molar-refractivity contribution in [2.24, 2.45) is 0 Å². The Labute approximate surface area is 183 Å². The van der Waals surface area contributed by atoms with Crippen molar-refractivity contribution in [2.45, 2.75) is 58.5 Å². The van der Waals surface area contributed by atoms with Gasteiger partial charge >= 0.3 is 0 Å². The van der Waals surface area contributed by atoms with Crippen molar-refractivity contribution in [1.82, 2.24) is 25.1 Å². The highest BCUT2D eigenvalue weighted by Gasteiger charge is 2.43. The highest BCUT2D eigenvalue weighted by Crippen LogP contribution is 2.38. The van der Waals surface area contributed by atoms with Gasteiger partial charge in [0.2, 0.25) is 5.91 Å². The summed E-state index contributed by atoms with van der Waals surface area (Å²) in [4.78, 5) is 15.2. The molecule has 2 heterocycles. The van der Waals surface area contributed by atoms with E-state index in [-0.39, 0.29) is 5.91 Å². The number of hydrogen-bond donors (Lipinski definition) is 0. The number of aromatic nitrogens is 4. The minimum Gasteiger partial charge on any atom is -0.497 e. The Balaban J connectivity index is 1.79. The van der Waals surface area contributed by atoms with Crippen LogP contribution in [0.3, 0.4) is 0 Å². The number of methoxy groups -OCH3 is 1. The van der Waals surface area contributed by atoms with Crippen molar-refractivity contribution in [1.29, 1.82) is 0 Å². The molecule has 7 heteroatoms. The summed E-state index contributed by atoms with van der Waals surface area (Å²) >= 11 is 0. The Morgan fingerprint density at radius 3 is 2.45 bits per heavy atom. The standard InChI is InChI=1S/C24H29N5O2/c1-17-8-7-9-18(2)22(17)29-23(25-26-27-29)24(3)15-6-5-10-21(30)28(24)16-19-11-13-20(31-4)14-12-19/h7-9,11-14H,5-6,10,15-16H2,1-4H3. The van der Waals surface area contributed by atoms with Crippen molar-refractivity contribution >= 4 is 5.91 Å². The first-order chi connectivity index (χ1) is 14.9. The van der Waals surface area contributed by atoms with Crippen LogP contribution in [-0.4, -0.2) is 38.1 Å².